The van der Waals surface area contributed by atoms with E-state index >= 15 is 0 Å². The second-order valence-corrected chi connectivity index (χ2v) is 6.03. The van der Waals surface area contributed by atoms with Crippen molar-refractivity contribution in [1.29, 1.82) is 0 Å². The van der Waals surface area contributed by atoms with Crippen LogP contribution in [0.3, 0.4) is 0 Å². The fourth-order valence-electron chi connectivity index (χ4n) is 2.93. The molecule has 0 unspecified atom stereocenters. The van der Waals surface area contributed by atoms with Gasteiger partial charge in [0, 0.05) is 28.9 Å². The second-order valence-electron chi connectivity index (χ2n) is 6.03. The Morgan fingerprint density at radius 2 is 1.73 bits per heavy atom. The molecule has 0 saturated carbocycles. The number of rotatable bonds is 5. The molecule has 0 bridgehead atoms. The summed E-state index contributed by atoms with van der Waals surface area (Å²) in [5.41, 5.74) is 2.34. The zero-order valence-electron chi connectivity index (χ0n) is 14.1. The molecule has 0 aliphatic heterocycles. The van der Waals surface area contributed by atoms with Crippen molar-refractivity contribution >= 4 is 16.6 Å². The first kappa shape index (κ1) is 16.0. The van der Waals surface area contributed by atoms with Crippen LogP contribution in [0.4, 0.5) is 0 Å². The minimum absolute atomic E-state index is 0.0336. The van der Waals surface area contributed by atoms with Gasteiger partial charge in [0.1, 0.15) is 12.4 Å². The summed E-state index contributed by atoms with van der Waals surface area (Å²) < 4.78 is 5.84. The average Bonchev–Trinajstić information content (AvgIpc) is 2.72. The molecule has 0 atom stereocenters. The molecule has 0 saturated heterocycles. The Morgan fingerprint density at radius 3 is 2.62 bits per heavy atom. The van der Waals surface area contributed by atoms with Gasteiger partial charge in [-0.1, -0.05) is 60.7 Å². The van der Waals surface area contributed by atoms with E-state index in [0.717, 1.165) is 16.3 Å². The molecule has 0 fully saturated rings. The van der Waals surface area contributed by atoms with E-state index in [1.807, 2.05) is 72.8 Å². The van der Waals surface area contributed by atoms with E-state index in [1.165, 1.54) is 0 Å². The molecule has 0 spiro atoms. The predicted molar refractivity (Wildman–Crippen MR) is 102 cm³/mol. The highest BCUT2D eigenvalue weighted by atomic mass is 16.5. The van der Waals surface area contributed by atoms with Gasteiger partial charge in [-0.25, -0.2) is 0 Å². The van der Waals surface area contributed by atoms with Gasteiger partial charge < -0.3 is 4.74 Å². The predicted octanol–water partition coefficient (Wildman–Crippen LogP) is 5.04. The lowest BCUT2D eigenvalue weighted by Crippen LogP contribution is -2.03. The van der Waals surface area contributed by atoms with Gasteiger partial charge >= 0.3 is 0 Å². The van der Waals surface area contributed by atoms with Crippen molar-refractivity contribution in [3.05, 3.63) is 108 Å². The number of ketones is 1. The topological polar surface area (TPSA) is 39.2 Å². The van der Waals surface area contributed by atoms with Gasteiger partial charge in [0.25, 0.3) is 0 Å². The van der Waals surface area contributed by atoms with Gasteiger partial charge in [-0.15, -0.1) is 0 Å². The van der Waals surface area contributed by atoms with E-state index in [9.17, 15) is 4.79 Å². The van der Waals surface area contributed by atoms with Crippen molar-refractivity contribution in [1.82, 2.24) is 4.98 Å². The number of hydrogen-bond acceptors (Lipinski definition) is 3. The summed E-state index contributed by atoms with van der Waals surface area (Å²) in [4.78, 5) is 17.2. The average molecular weight is 339 g/mol. The number of pyridine rings is 1. The van der Waals surface area contributed by atoms with Gasteiger partial charge in [-0.3, -0.25) is 9.78 Å². The molecule has 1 heterocycles. The molecule has 4 aromatic rings. The lowest BCUT2D eigenvalue weighted by atomic mass is 9.98. The third-order valence-electron chi connectivity index (χ3n) is 4.27. The van der Waals surface area contributed by atoms with E-state index in [-0.39, 0.29) is 5.78 Å². The third-order valence-corrected chi connectivity index (χ3v) is 4.27. The molecule has 26 heavy (non-hydrogen) atoms. The molecule has 0 aliphatic carbocycles. The molecule has 3 nitrogen and oxygen atoms in total. The van der Waals surface area contributed by atoms with Crippen LogP contribution in [0, 0.1) is 0 Å². The number of aromatic nitrogens is 1. The van der Waals surface area contributed by atoms with Crippen LogP contribution in [-0.2, 0) is 6.61 Å². The standard InChI is InChI=1S/C23H17NO2/c25-23(21-11-5-8-18-12-13-24-15-22(18)21)19-9-4-10-20(14-19)26-16-17-6-2-1-3-7-17/h1-15H,16H2. The zero-order valence-corrected chi connectivity index (χ0v) is 14.1. The van der Waals surface area contributed by atoms with Crippen LogP contribution in [0.5, 0.6) is 5.75 Å². The molecular weight excluding hydrogens is 322 g/mol. The van der Waals surface area contributed by atoms with E-state index in [4.69, 9.17) is 4.74 Å². The van der Waals surface area contributed by atoms with Gasteiger partial charge in [0.15, 0.2) is 5.78 Å². The zero-order chi connectivity index (χ0) is 17.8. The lowest BCUT2D eigenvalue weighted by molar-refractivity contribution is 0.104. The number of carbonyl (C=O) groups is 1. The van der Waals surface area contributed by atoms with Gasteiger partial charge in [-0.05, 0) is 29.1 Å². The van der Waals surface area contributed by atoms with Crippen LogP contribution in [0.25, 0.3) is 10.8 Å². The summed E-state index contributed by atoms with van der Waals surface area (Å²) >= 11 is 0. The van der Waals surface area contributed by atoms with Crippen LogP contribution >= 0.6 is 0 Å². The summed E-state index contributed by atoms with van der Waals surface area (Å²) in [6.07, 6.45) is 3.47. The fraction of sp³-hybridized carbons (Fsp3) is 0.0435. The first-order chi connectivity index (χ1) is 12.8. The molecule has 3 heteroatoms. The van der Waals surface area contributed by atoms with Crippen LogP contribution in [-0.4, -0.2) is 10.8 Å². The van der Waals surface area contributed by atoms with Crippen LogP contribution in [0.1, 0.15) is 21.5 Å². The molecular formula is C23H17NO2. The van der Waals surface area contributed by atoms with E-state index < -0.39 is 0 Å². The van der Waals surface area contributed by atoms with E-state index in [0.29, 0.717) is 23.5 Å². The molecule has 1 aromatic heterocycles. The Balaban J connectivity index is 1.60. The van der Waals surface area contributed by atoms with Gasteiger partial charge in [-0.2, -0.15) is 0 Å². The highest BCUT2D eigenvalue weighted by molar-refractivity contribution is 6.16. The summed E-state index contributed by atoms with van der Waals surface area (Å²) in [6.45, 7) is 0.469. The minimum Gasteiger partial charge on any atom is -0.489 e. The first-order valence-corrected chi connectivity index (χ1v) is 8.45. The normalized spacial score (nSPS) is 10.6. The van der Waals surface area contributed by atoms with Gasteiger partial charge in [0.2, 0.25) is 0 Å². The number of fused-ring (bicyclic) bond motifs is 1. The largest absolute Gasteiger partial charge is 0.489 e. The molecule has 0 aliphatic rings. The van der Waals surface area contributed by atoms with Crippen molar-refractivity contribution in [3.63, 3.8) is 0 Å². The molecule has 3 aromatic carbocycles. The number of hydrogen-bond donors (Lipinski definition) is 0. The van der Waals surface area contributed by atoms with Crippen LogP contribution in [0.2, 0.25) is 0 Å². The molecule has 0 amide bonds. The maximum atomic E-state index is 13.0. The van der Waals surface area contributed by atoms with Crippen LogP contribution < -0.4 is 4.74 Å². The Morgan fingerprint density at radius 1 is 0.885 bits per heavy atom. The lowest BCUT2D eigenvalue weighted by Gasteiger charge is -2.09. The monoisotopic (exact) mass is 339 g/mol. The highest BCUT2D eigenvalue weighted by Gasteiger charge is 2.13. The van der Waals surface area contributed by atoms with Crippen LogP contribution in [0.15, 0.2) is 91.3 Å². The van der Waals surface area contributed by atoms with Crippen molar-refractivity contribution in [2.75, 3.05) is 0 Å². The molecule has 126 valence electrons. The Hall–Kier alpha value is -3.46. The second kappa shape index (κ2) is 7.19. The Bertz CT molecular complexity index is 1050. The first-order valence-electron chi connectivity index (χ1n) is 8.45. The van der Waals surface area contributed by atoms with Crippen molar-refractivity contribution < 1.29 is 9.53 Å². The van der Waals surface area contributed by atoms with Crippen molar-refractivity contribution in [2.45, 2.75) is 6.61 Å². The fourth-order valence-corrected chi connectivity index (χ4v) is 2.93. The summed E-state index contributed by atoms with van der Waals surface area (Å²) in [6, 6.07) is 24.9. The maximum absolute atomic E-state index is 13.0. The number of benzene rings is 3. The Kier molecular flexibility index (Phi) is 4.44. The Labute approximate surface area is 151 Å². The maximum Gasteiger partial charge on any atom is 0.193 e. The molecule has 4 rings (SSSR count). The highest BCUT2D eigenvalue weighted by Crippen LogP contribution is 2.23. The summed E-state index contributed by atoms with van der Waals surface area (Å²) in [5.74, 6) is 0.645. The quantitative estimate of drug-likeness (QED) is 0.478. The third kappa shape index (κ3) is 3.33. The SMILES string of the molecule is O=C(c1cccc(OCc2ccccc2)c1)c1cccc2ccncc12. The van der Waals surface area contributed by atoms with Crippen molar-refractivity contribution in [3.8, 4) is 5.75 Å². The molecule has 0 N–H and O–H groups in total. The molecule has 0 radical (unpaired) electrons. The smallest absolute Gasteiger partial charge is 0.193 e. The minimum atomic E-state index is -0.0336. The number of ether oxygens (including phenoxy) is 1. The van der Waals surface area contributed by atoms with Gasteiger partial charge in [0.05, 0.1) is 0 Å². The van der Waals surface area contributed by atoms with Crippen molar-refractivity contribution in [2.24, 2.45) is 0 Å². The summed E-state index contributed by atoms with van der Waals surface area (Å²) in [5, 5.41) is 1.86. The van der Waals surface area contributed by atoms with E-state index in [2.05, 4.69) is 4.98 Å². The number of carbonyl (C=O) groups excluding carboxylic acids is 1. The summed E-state index contributed by atoms with van der Waals surface area (Å²) in [7, 11) is 0. The number of nitrogens with zero attached hydrogens (tertiary/aromatic N) is 1. The van der Waals surface area contributed by atoms with E-state index in [1.54, 1.807) is 18.5 Å².